The SMILES string of the molecule is CCC(Sc1nnc(N)s1)C(=O)Nc1ccc(NC(C)=O)cc1. The second-order valence-corrected chi connectivity index (χ2v) is 7.13. The Hall–Kier alpha value is -2.13. The molecule has 0 aliphatic carbocycles. The molecule has 122 valence electrons. The average molecular weight is 351 g/mol. The summed E-state index contributed by atoms with van der Waals surface area (Å²) < 4.78 is 0.672. The van der Waals surface area contributed by atoms with Gasteiger partial charge in [-0.15, -0.1) is 10.2 Å². The first-order valence-corrected chi connectivity index (χ1v) is 8.61. The summed E-state index contributed by atoms with van der Waals surface area (Å²) in [4.78, 5) is 23.3. The maximum absolute atomic E-state index is 12.3. The monoisotopic (exact) mass is 351 g/mol. The molecule has 0 aliphatic rings. The Morgan fingerprint density at radius 2 is 1.83 bits per heavy atom. The van der Waals surface area contributed by atoms with Crippen LogP contribution in [0.3, 0.4) is 0 Å². The quantitative estimate of drug-likeness (QED) is 0.690. The van der Waals surface area contributed by atoms with E-state index in [0.29, 0.717) is 27.3 Å². The largest absolute Gasteiger partial charge is 0.374 e. The van der Waals surface area contributed by atoms with E-state index in [2.05, 4.69) is 20.8 Å². The Morgan fingerprint density at radius 3 is 2.30 bits per heavy atom. The Balaban J connectivity index is 1.97. The van der Waals surface area contributed by atoms with Gasteiger partial charge in [-0.25, -0.2) is 0 Å². The molecule has 7 nitrogen and oxygen atoms in total. The number of rotatable bonds is 6. The van der Waals surface area contributed by atoms with Gasteiger partial charge in [-0.1, -0.05) is 30.0 Å². The number of carbonyl (C=O) groups is 2. The van der Waals surface area contributed by atoms with Gasteiger partial charge in [0, 0.05) is 18.3 Å². The highest BCUT2D eigenvalue weighted by Crippen LogP contribution is 2.29. The molecule has 0 saturated carbocycles. The van der Waals surface area contributed by atoms with Crippen LogP contribution < -0.4 is 16.4 Å². The lowest BCUT2D eigenvalue weighted by Gasteiger charge is -2.13. The van der Waals surface area contributed by atoms with E-state index >= 15 is 0 Å². The van der Waals surface area contributed by atoms with Gasteiger partial charge in [-0.3, -0.25) is 9.59 Å². The minimum atomic E-state index is -0.280. The first-order valence-electron chi connectivity index (χ1n) is 6.92. The Kier molecular flexibility index (Phi) is 5.94. The Morgan fingerprint density at radius 1 is 1.22 bits per heavy atom. The van der Waals surface area contributed by atoms with Gasteiger partial charge < -0.3 is 16.4 Å². The van der Waals surface area contributed by atoms with Gasteiger partial charge in [0.25, 0.3) is 0 Å². The highest BCUT2D eigenvalue weighted by Gasteiger charge is 2.20. The molecular formula is C14H17N5O2S2. The van der Waals surface area contributed by atoms with Crippen molar-refractivity contribution in [1.29, 1.82) is 0 Å². The van der Waals surface area contributed by atoms with Crippen LogP contribution in [-0.2, 0) is 9.59 Å². The zero-order chi connectivity index (χ0) is 16.8. The van der Waals surface area contributed by atoms with Crippen molar-refractivity contribution in [3.05, 3.63) is 24.3 Å². The summed E-state index contributed by atoms with van der Waals surface area (Å²) in [7, 11) is 0. The van der Waals surface area contributed by atoms with E-state index in [1.54, 1.807) is 24.3 Å². The number of hydrogen-bond acceptors (Lipinski definition) is 7. The number of nitrogens with two attached hydrogens (primary N) is 1. The van der Waals surface area contributed by atoms with E-state index in [0.717, 1.165) is 0 Å². The Labute approximate surface area is 142 Å². The minimum absolute atomic E-state index is 0.112. The van der Waals surface area contributed by atoms with Gasteiger partial charge in [0.05, 0.1) is 5.25 Å². The maximum atomic E-state index is 12.3. The van der Waals surface area contributed by atoms with Crippen LogP contribution in [0.4, 0.5) is 16.5 Å². The fourth-order valence-corrected chi connectivity index (χ4v) is 3.58. The molecule has 1 unspecified atom stereocenters. The van der Waals surface area contributed by atoms with Crippen LogP contribution in [0.5, 0.6) is 0 Å². The molecule has 0 radical (unpaired) electrons. The molecule has 1 aromatic heterocycles. The van der Waals surface area contributed by atoms with Gasteiger partial charge >= 0.3 is 0 Å². The van der Waals surface area contributed by atoms with E-state index in [1.165, 1.54) is 30.0 Å². The van der Waals surface area contributed by atoms with Crippen molar-refractivity contribution in [1.82, 2.24) is 10.2 Å². The number of aromatic nitrogens is 2. The molecule has 0 fully saturated rings. The third-order valence-electron chi connectivity index (χ3n) is 2.80. The number of amides is 2. The van der Waals surface area contributed by atoms with E-state index < -0.39 is 0 Å². The number of nitrogen functional groups attached to an aromatic ring is 1. The molecule has 0 bridgehead atoms. The average Bonchev–Trinajstić information content (AvgIpc) is 2.91. The summed E-state index contributed by atoms with van der Waals surface area (Å²) in [6.45, 7) is 3.38. The fraction of sp³-hybridized carbons (Fsp3) is 0.286. The van der Waals surface area contributed by atoms with Gasteiger partial charge in [-0.2, -0.15) is 0 Å². The predicted molar refractivity (Wildman–Crippen MR) is 93.6 cm³/mol. The summed E-state index contributed by atoms with van der Waals surface area (Å²) in [6, 6.07) is 6.94. The van der Waals surface area contributed by atoms with Crippen molar-refractivity contribution in [2.75, 3.05) is 16.4 Å². The van der Waals surface area contributed by atoms with E-state index in [9.17, 15) is 9.59 Å². The molecule has 0 spiro atoms. The lowest BCUT2D eigenvalue weighted by molar-refractivity contribution is -0.116. The van der Waals surface area contributed by atoms with Gasteiger partial charge in [0.15, 0.2) is 4.34 Å². The number of nitrogens with zero attached hydrogens (tertiary/aromatic N) is 2. The number of anilines is 3. The lowest BCUT2D eigenvalue weighted by atomic mass is 10.2. The van der Waals surface area contributed by atoms with Crippen molar-refractivity contribution < 1.29 is 9.59 Å². The molecule has 23 heavy (non-hydrogen) atoms. The summed E-state index contributed by atoms with van der Waals surface area (Å²) in [6.07, 6.45) is 0.653. The zero-order valence-corrected chi connectivity index (χ0v) is 14.3. The topological polar surface area (TPSA) is 110 Å². The van der Waals surface area contributed by atoms with Crippen LogP contribution in [-0.4, -0.2) is 27.3 Å². The third-order valence-corrected chi connectivity index (χ3v) is 5.00. The van der Waals surface area contributed by atoms with Crippen LogP contribution in [0.25, 0.3) is 0 Å². The number of hydrogen-bond donors (Lipinski definition) is 3. The van der Waals surface area contributed by atoms with E-state index in [4.69, 9.17) is 5.73 Å². The van der Waals surface area contributed by atoms with Crippen molar-refractivity contribution in [3.8, 4) is 0 Å². The second-order valence-electron chi connectivity index (χ2n) is 4.67. The number of nitrogens with one attached hydrogen (secondary N) is 2. The number of thioether (sulfide) groups is 1. The lowest BCUT2D eigenvalue weighted by Crippen LogP contribution is -2.24. The van der Waals surface area contributed by atoms with Crippen LogP contribution in [0.2, 0.25) is 0 Å². The normalized spacial score (nSPS) is 11.7. The summed E-state index contributed by atoms with van der Waals surface area (Å²) >= 11 is 2.61. The van der Waals surface area contributed by atoms with Crippen molar-refractivity contribution >= 4 is 51.4 Å². The molecule has 1 heterocycles. The van der Waals surface area contributed by atoms with Crippen LogP contribution in [0, 0.1) is 0 Å². The van der Waals surface area contributed by atoms with Crippen LogP contribution in [0.15, 0.2) is 28.6 Å². The zero-order valence-electron chi connectivity index (χ0n) is 12.7. The minimum Gasteiger partial charge on any atom is -0.374 e. The highest BCUT2D eigenvalue weighted by molar-refractivity contribution is 8.02. The summed E-state index contributed by atoms with van der Waals surface area (Å²) in [5, 5.41) is 13.3. The summed E-state index contributed by atoms with van der Waals surface area (Å²) in [5.41, 5.74) is 6.89. The van der Waals surface area contributed by atoms with Gasteiger partial charge in [0.2, 0.25) is 16.9 Å². The molecule has 1 aromatic carbocycles. The number of benzene rings is 1. The molecule has 4 N–H and O–H groups in total. The fourth-order valence-electron chi connectivity index (χ4n) is 1.77. The molecule has 2 rings (SSSR count). The Bertz CT molecular complexity index is 687. The van der Waals surface area contributed by atoms with Crippen molar-refractivity contribution in [2.45, 2.75) is 29.9 Å². The molecule has 0 saturated heterocycles. The predicted octanol–water partition coefficient (Wildman–Crippen LogP) is 2.59. The third kappa shape index (κ3) is 5.22. The highest BCUT2D eigenvalue weighted by atomic mass is 32.2. The van der Waals surface area contributed by atoms with Crippen molar-refractivity contribution in [2.24, 2.45) is 0 Å². The maximum Gasteiger partial charge on any atom is 0.237 e. The summed E-state index contributed by atoms with van der Waals surface area (Å²) in [5.74, 6) is -0.251. The molecular weight excluding hydrogens is 334 g/mol. The molecule has 2 amide bonds. The van der Waals surface area contributed by atoms with E-state index in [1.807, 2.05) is 6.92 Å². The standard InChI is InChI=1S/C14H17N5O2S2/c1-3-11(22-14-19-18-13(15)23-14)12(21)17-10-6-4-9(5-7-10)16-8(2)20/h4-7,11H,3H2,1-2H3,(H2,15,18)(H,16,20)(H,17,21). The van der Waals surface area contributed by atoms with E-state index in [-0.39, 0.29) is 17.1 Å². The first kappa shape index (κ1) is 17.2. The van der Waals surface area contributed by atoms with Crippen molar-refractivity contribution in [3.63, 3.8) is 0 Å². The number of carbonyl (C=O) groups excluding carboxylic acids is 2. The van der Waals surface area contributed by atoms with Crippen LogP contribution >= 0.6 is 23.1 Å². The molecule has 1 atom stereocenters. The molecule has 2 aromatic rings. The molecule has 9 heteroatoms. The smallest absolute Gasteiger partial charge is 0.237 e. The second kappa shape index (κ2) is 7.93. The first-order chi connectivity index (χ1) is 11.0. The van der Waals surface area contributed by atoms with Gasteiger partial charge in [0.1, 0.15) is 0 Å². The molecule has 0 aliphatic heterocycles. The van der Waals surface area contributed by atoms with Gasteiger partial charge in [-0.05, 0) is 30.7 Å². The van der Waals surface area contributed by atoms with Crippen LogP contribution in [0.1, 0.15) is 20.3 Å².